The minimum atomic E-state index is -4.71. The number of carbonyl (C=O) groups is 1. The van der Waals surface area contributed by atoms with E-state index in [1.54, 1.807) is 18.5 Å². The number of aromatic nitrogens is 2. The molecule has 1 amide bonds. The van der Waals surface area contributed by atoms with E-state index in [0.29, 0.717) is 16.3 Å². The second-order valence-electron chi connectivity index (χ2n) is 9.68. The molecule has 3 aromatic rings. The molecule has 198 valence electrons. The van der Waals surface area contributed by atoms with Crippen molar-refractivity contribution in [3.05, 3.63) is 59.9 Å². The van der Waals surface area contributed by atoms with Crippen LogP contribution >= 0.6 is 0 Å². The third-order valence-electron chi connectivity index (χ3n) is 6.70. The van der Waals surface area contributed by atoms with Crippen molar-refractivity contribution in [1.82, 2.24) is 14.9 Å². The number of sulfone groups is 1. The molecule has 3 heterocycles. The maximum atomic E-state index is 14.1. The van der Waals surface area contributed by atoms with Gasteiger partial charge < -0.3 is 10.2 Å². The van der Waals surface area contributed by atoms with Crippen LogP contribution in [0.3, 0.4) is 0 Å². The lowest BCUT2D eigenvalue weighted by Gasteiger charge is -2.34. The molecule has 0 bridgehead atoms. The highest BCUT2D eigenvalue weighted by Crippen LogP contribution is 2.39. The van der Waals surface area contributed by atoms with E-state index >= 15 is 0 Å². The van der Waals surface area contributed by atoms with Crippen LogP contribution in [0.5, 0.6) is 0 Å². The number of fused-ring (bicyclic) bond motifs is 1. The number of pyridine rings is 2. The van der Waals surface area contributed by atoms with Crippen LogP contribution in [0.25, 0.3) is 11.0 Å². The molecular formula is C26H29F3N4O3S. The molecule has 1 aliphatic heterocycles. The second kappa shape index (κ2) is 10.3. The summed E-state index contributed by atoms with van der Waals surface area (Å²) in [5.74, 6) is -1.71. The van der Waals surface area contributed by atoms with Gasteiger partial charge in [0.1, 0.15) is 9.84 Å². The fraction of sp³-hybridized carbons (Fsp3) is 0.423. The minimum absolute atomic E-state index is 0.0335. The molecule has 0 radical (unpaired) electrons. The number of carbonyl (C=O) groups excluding carboxylic acids is 1. The normalized spacial score (nSPS) is 17.1. The van der Waals surface area contributed by atoms with Crippen LogP contribution in [0.4, 0.5) is 24.5 Å². The van der Waals surface area contributed by atoms with Gasteiger partial charge >= 0.3 is 6.18 Å². The summed E-state index contributed by atoms with van der Waals surface area (Å²) in [5.41, 5.74) is 3.65. The lowest BCUT2D eigenvalue weighted by molar-refractivity contribution is -0.190. The smallest absolute Gasteiger partial charge is 0.354 e. The van der Waals surface area contributed by atoms with Crippen molar-refractivity contribution >= 4 is 38.2 Å². The summed E-state index contributed by atoms with van der Waals surface area (Å²) in [6.45, 7) is 4.06. The monoisotopic (exact) mass is 534 g/mol. The zero-order valence-corrected chi connectivity index (χ0v) is 21.6. The number of nitrogens with zero attached hydrogens (tertiary/aromatic N) is 3. The van der Waals surface area contributed by atoms with Crippen LogP contribution in [0.1, 0.15) is 49.8 Å². The molecule has 4 rings (SSSR count). The Morgan fingerprint density at radius 2 is 1.73 bits per heavy atom. The number of alkyl halides is 3. The average molecular weight is 535 g/mol. The van der Waals surface area contributed by atoms with E-state index in [1.807, 2.05) is 19.9 Å². The molecule has 1 fully saturated rings. The van der Waals surface area contributed by atoms with E-state index in [9.17, 15) is 26.4 Å². The van der Waals surface area contributed by atoms with Gasteiger partial charge in [-0.2, -0.15) is 13.2 Å². The van der Waals surface area contributed by atoms with Crippen LogP contribution in [-0.2, 0) is 14.6 Å². The maximum Gasteiger partial charge on any atom is 0.413 e. The predicted molar refractivity (Wildman–Crippen MR) is 136 cm³/mol. The number of halogens is 3. The Morgan fingerprint density at radius 1 is 1.08 bits per heavy atom. The second-order valence-corrected chi connectivity index (χ2v) is 12.0. The van der Waals surface area contributed by atoms with Crippen molar-refractivity contribution in [3.63, 3.8) is 0 Å². The van der Waals surface area contributed by atoms with Gasteiger partial charge in [-0.1, -0.05) is 26.0 Å². The molecule has 37 heavy (non-hydrogen) atoms. The van der Waals surface area contributed by atoms with Crippen LogP contribution in [0.2, 0.25) is 0 Å². The van der Waals surface area contributed by atoms with Gasteiger partial charge in [0.15, 0.2) is 6.04 Å². The van der Waals surface area contributed by atoms with E-state index in [2.05, 4.69) is 15.3 Å². The highest BCUT2D eigenvalue weighted by atomic mass is 32.2. The Bertz CT molecular complexity index is 1380. The quantitative estimate of drug-likeness (QED) is 0.456. The van der Waals surface area contributed by atoms with E-state index < -0.39 is 33.9 Å². The number of anilines is 2. The van der Waals surface area contributed by atoms with Crippen molar-refractivity contribution in [1.29, 1.82) is 0 Å². The van der Waals surface area contributed by atoms with Crippen molar-refractivity contribution in [2.45, 2.75) is 44.8 Å². The number of amides is 1. The van der Waals surface area contributed by atoms with Crippen LogP contribution in [0.15, 0.2) is 48.8 Å². The van der Waals surface area contributed by atoms with Crippen LogP contribution < -0.4 is 5.32 Å². The predicted octanol–water partition coefficient (Wildman–Crippen LogP) is 5.38. The van der Waals surface area contributed by atoms with Gasteiger partial charge in [0, 0.05) is 30.4 Å². The van der Waals surface area contributed by atoms with E-state index in [1.165, 1.54) is 24.3 Å². The van der Waals surface area contributed by atoms with Gasteiger partial charge in [-0.3, -0.25) is 14.8 Å². The molecule has 1 aromatic carbocycles. The molecule has 0 saturated carbocycles. The maximum absolute atomic E-state index is 14.1. The lowest BCUT2D eigenvalue weighted by atomic mass is 9.98. The van der Waals surface area contributed by atoms with Gasteiger partial charge in [-0.15, -0.1) is 0 Å². The van der Waals surface area contributed by atoms with E-state index in [-0.39, 0.29) is 35.8 Å². The van der Waals surface area contributed by atoms with Gasteiger partial charge in [0.05, 0.1) is 34.4 Å². The number of nitrogens with one attached hydrogen (secondary N) is 1. The van der Waals surface area contributed by atoms with E-state index in [4.69, 9.17) is 0 Å². The van der Waals surface area contributed by atoms with Gasteiger partial charge in [-0.25, -0.2) is 8.42 Å². The Hall–Kier alpha value is -3.21. The summed E-state index contributed by atoms with van der Waals surface area (Å²) in [5, 5.41) is 3.24. The highest BCUT2D eigenvalue weighted by Gasteiger charge is 2.46. The molecule has 1 N–H and O–H groups in total. The van der Waals surface area contributed by atoms with Crippen LogP contribution in [0, 0.1) is 5.92 Å². The Morgan fingerprint density at radius 3 is 2.32 bits per heavy atom. The van der Waals surface area contributed by atoms with Crippen LogP contribution in [-0.4, -0.2) is 53.9 Å². The first-order valence-electron chi connectivity index (χ1n) is 12.0. The summed E-state index contributed by atoms with van der Waals surface area (Å²) in [4.78, 5) is 22.5. The summed E-state index contributed by atoms with van der Waals surface area (Å²) in [6.07, 6.45) is -1.27. The van der Waals surface area contributed by atoms with Crippen molar-refractivity contribution in [2.24, 2.45) is 5.92 Å². The fourth-order valence-electron chi connectivity index (χ4n) is 4.81. The number of hydrogen-bond donors (Lipinski definition) is 1. The van der Waals surface area contributed by atoms with Gasteiger partial charge in [-0.05, 0) is 48.6 Å². The zero-order chi connectivity index (χ0) is 27.0. The molecule has 1 atom stereocenters. The summed E-state index contributed by atoms with van der Waals surface area (Å²) >= 11 is 0. The number of rotatable bonds is 6. The molecule has 2 aromatic heterocycles. The number of benzene rings is 1. The molecule has 11 heteroatoms. The van der Waals surface area contributed by atoms with Gasteiger partial charge in [0.25, 0.3) is 0 Å². The molecule has 1 aliphatic rings. The van der Waals surface area contributed by atoms with E-state index in [0.717, 1.165) is 23.6 Å². The molecule has 0 unspecified atom stereocenters. The molecule has 1 saturated heterocycles. The Labute approximate surface area is 214 Å². The van der Waals surface area contributed by atoms with Crippen molar-refractivity contribution in [2.75, 3.05) is 23.9 Å². The first kappa shape index (κ1) is 26.8. The fourth-order valence-corrected chi connectivity index (χ4v) is 6.30. The van der Waals surface area contributed by atoms with Crippen molar-refractivity contribution in [3.8, 4) is 0 Å². The first-order valence-corrected chi connectivity index (χ1v) is 13.8. The first-order chi connectivity index (χ1) is 17.4. The highest BCUT2D eigenvalue weighted by molar-refractivity contribution is 7.91. The SMILES string of the molecule is CC(C)c1c(Nc2ccc([C@H](N(C)C(=O)C3CCS(=O)(=O)CC3)C(F)(F)F)cc2)cnc2cccnc12. The molecule has 0 spiro atoms. The molecule has 7 nitrogen and oxygen atoms in total. The zero-order valence-electron chi connectivity index (χ0n) is 20.8. The largest absolute Gasteiger partial charge is 0.413 e. The topological polar surface area (TPSA) is 92.3 Å². The third kappa shape index (κ3) is 5.87. The third-order valence-corrected chi connectivity index (χ3v) is 8.41. The summed E-state index contributed by atoms with van der Waals surface area (Å²) in [6, 6.07) is 7.28. The van der Waals surface area contributed by atoms with Crippen molar-refractivity contribution < 1.29 is 26.4 Å². The standard InChI is InChI=1S/C26H29F3N4O3S/c1-16(2)22-21(15-31-20-5-4-12-30-23(20)22)32-19-8-6-17(7-9-19)24(26(27,28)29)33(3)25(34)18-10-13-37(35,36)14-11-18/h4-9,12,15-16,18,24,32H,10-11,13-14H2,1-3H3/t24-/m0/s1. The average Bonchev–Trinajstić information content (AvgIpc) is 2.83. The Balaban J connectivity index is 1.58. The molecular weight excluding hydrogens is 505 g/mol. The minimum Gasteiger partial charge on any atom is -0.354 e. The Kier molecular flexibility index (Phi) is 7.45. The lowest BCUT2D eigenvalue weighted by Crippen LogP contribution is -2.44. The number of hydrogen-bond acceptors (Lipinski definition) is 6. The summed E-state index contributed by atoms with van der Waals surface area (Å²) < 4.78 is 65.7. The van der Waals surface area contributed by atoms with Gasteiger partial charge in [0.2, 0.25) is 5.91 Å². The summed E-state index contributed by atoms with van der Waals surface area (Å²) in [7, 11) is -2.11. The molecule has 0 aliphatic carbocycles.